The highest BCUT2D eigenvalue weighted by Gasteiger charge is 2.31. The number of rotatable bonds is 11. The average Bonchev–Trinajstić information content (AvgIpc) is 3.52. The Morgan fingerprint density at radius 1 is 1.16 bits per heavy atom. The van der Waals surface area contributed by atoms with Gasteiger partial charge in [0.05, 0.1) is 18.8 Å². The number of aryl methyl sites for hydroxylation is 1. The number of hydrogen-bond acceptors (Lipinski definition) is 7. The molecule has 0 fully saturated rings. The molecule has 2 heterocycles. The quantitative estimate of drug-likeness (QED) is 0.452. The molecule has 0 bridgehead atoms. The first-order chi connectivity index (χ1) is 17.9. The Bertz CT molecular complexity index is 1130. The number of nitrogens with one attached hydrogen (secondary N) is 2. The van der Waals surface area contributed by atoms with Crippen LogP contribution in [0, 0.1) is 12.8 Å². The van der Waals surface area contributed by atoms with Crippen molar-refractivity contribution in [2.45, 2.75) is 39.9 Å². The predicted octanol–water partition coefficient (Wildman–Crippen LogP) is 2.36. The van der Waals surface area contributed by atoms with Crippen LogP contribution in [0.15, 0.2) is 53.1 Å². The fourth-order valence-electron chi connectivity index (χ4n) is 4.80. The maximum Gasteiger partial charge on any atom is 0.250 e. The van der Waals surface area contributed by atoms with Crippen molar-refractivity contribution in [3.8, 4) is 0 Å². The zero-order valence-corrected chi connectivity index (χ0v) is 22.2. The van der Waals surface area contributed by atoms with E-state index in [1.807, 2.05) is 55.1 Å². The molecule has 2 aromatic rings. The van der Waals surface area contributed by atoms with Crippen molar-refractivity contribution in [3.63, 3.8) is 0 Å². The molecule has 9 heteroatoms. The van der Waals surface area contributed by atoms with E-state index in [9.17, 15) is 9.59 Å². The lowest BCUT2D eigenvalue weighted by molar-refractivity contribution is -0.148. The van der Waals surface area contributed by atoms with Gasteiger partial charge in [0, 0.05) is 50.9 Å². The van der Waals surface area contributed by atoms with Crippen LogP contribution in [0.2, 0.25) is 0 Å². The van der Waals surface area contributed by atoms with E-state index in [1.54, 1.807) is 5.01 Å². The van der Waals surface area contributed by atoms with E-state index in [2.05, 4.69) is 47.0 Å². The van der Waals surface area contributed by atoms with Crippen molar-refractivity contribution in [2.24, 2.45) is 5.92 Å². The average molecular weight is 507 g/mol. The summed E-state index contributed by atoms with van der Waals surface area (Å²) >= 11 is 0. The summed E-state index contributed by atoms with van der Waals surface area (Å²) < 4.78 is 5.49. The van der Waals surface area contributed by atoms with Gasteiger partial charge in [0.15, 0.2) is 5.76 Å². The minimum Gasteiger partial charge on any atom is -0.356 e. The summed E-state index contributed by atoms with van der Waals surface area (Å²) in [5.41, 5.74) is 4.18. The summed E-state index contributed by atoms with van der Waals surface area (Å²) in [5, 5.41) is 13.9. The van der Waals surface area contributed by atoms with E-state index in [-0.39, 0.29) is 36.9 Å². The number of benzene rings is 1. The molecule has 37 heavy (non-hydrogen) atoms. The fourth-order valence-corrected chi connectivity index (χ4v) is 4.80. The van der Waals surface area contributed by atoms with Gasteiger partial charge in [-0.1, -0.05) is 61.5 Å². The van der Waals surface area contributed by atoms with Crippen LogP contribution in [0.4, 0.5) is 0 Å². The summed E-state index contributed by atoms with van der Waals surface area (Å²) in [7, 11) is 1.81. The summed E-state index contributed by atoms with van der Waals surface area (Å²) in [5.74, 6) is 0.630. The van der Waals surface area contributed by atoms with Crippen molar-refractivity contribution < 1.29 is 14.1 Å². The number of fused-ring (bicyclic) bond motifs is 1. The second-order valence-corrected chi connectivity index (χ2v) is 9.78. The van der Waals surface area contributed by atoms with Crippen LogP contribution >= 0.6 is 0 Å². The fraction of sp³-hybridized carbons (Fsp3) is 0.464. The molecule has 0 saturated heterocycles. The molecule has 1 aromatic carbocycles. The Morgan fingerprint density at radius 2 is 1.89 bits per heavy atom. The molecule has 2 amide bonds. The number of amides is 2. The molecule has 1 aliphatic carbocycles. The standard InChI is InChI=1S/C28H38N6O3/c1-5-29-12-13-30-27(35)18-33(25-15-22(11-10-20(25)2)26-14-21(3)31-37-26)19-28(36)32(4)34-16-23-8-6-7-9-24(23)17-34/h6-11,14-15,20,25,29H,5,12-13,16-19H2,1-4H3,(H,30,35). The van der Waals surface area contributed by atoms with Crippen molar-refractivity contribution in [3.05, 3.63) is 71.1 Å². The van der Waals surface area contributed by atoms with Gasteiger partial charge < -0.3 is 15.2 Å². The minimum absolute atomic E-state index is 0.0551. The zero-order chi connectivity index (χ0) is 26.4. The molecule has 2 unspecified atom stereocenters. The summed E-state index contributed by atoms with van der Waals surface area (Å²) in [4.78, 5) is 28.4. The van der Waals surface area contributed by atoms with Crippen molar-refractivity contribution in [2.75, 3.05) is 39.8 Å². The van der Waals surface area contributed by atoms with Gasteiger partial charge in [-0.05, 0) is 30.5 Å². The number of aromatic nitrogens is 1. The first-order valence-electron chi connectivity index (χ1n) is 13.0. The summed E-state index contributed by atoms with van der Waals surface area (Å²) in [6.07, 6.45) is 6.19. The second kappa shape index (κ2) is 12.3. The Kier molecular flexibility index (Phi) is 8.91. The van der Waals surface area contributed by atoms with E-state index in [4.69, 9.17) is 4.52 Å². The highest BCUT2D eigenvalue weighted by molar-refractivity contribution is 5.81. The van der Waals surface area contributed by atoms with Gasteiger partial charge in [-0.25, -0.2) is 5.01 Å². The second-order valence-electron chi connectivity index (χ2n) is 9.78. The molecule has 0 saturated carbocycles. The zero-order valence-electron chi connectivity index (χ0n) is 22.2. The third-order valence-electron chi connectivity index (χ3n) is 6.97. The maximum atomic E-state index is 13.5. The third kappa shape index (κ3) is 6.74. The Hall–Kier alpha value is -3.27. The van der Waals surface area contributed by atoms with E-state index in [0.29, 0.717) is 31.9 Å². The van der Waals surface area contributed by atoms with E-state index >= 15 is 0 Å². The number of hydrogen-bond donors (Lipinski definition) is 2. The molecular weight excluding hydrogens is 468 g/mol. The van der Waals surface area contributed by atoms with Crippen LogP contribution in [0.5, 0.6) is 0 Å². The maximum absolute atomic E-state index is 13.5. The molecule has 2 N–H and O–H groups in total. The van der Waals surface area contributed by atoms with Gasteiger partial charge in [0.2, 0.25) is 5.91 Å². The normalized spacial score (nSPS) is 19.1. The van der Waals surface area contributed by atoms with Crippen molar-refractivity contribution in [1.29, 1.82) is 0 Å². The Balaban J connectivity index is 1.49. The van der Waals surface area contributed by atoms with Crippen LogP contribution in [-0.4, -0.2) is 77.7 Å². The number of nitrogens with zero attached hydrogens (tertiary/aromatic N) is 4. The number of hydrazine groups is 1. The van der Waals surface area contributed by atoms with E-state index in [0.717, 1.165) is 17.8 Å². The molecule has 9 nitrogen and oxygen atoms in total. The van der Waals surface area contributed by atoms with Crippen LogP contribution in [0.25, 0.3) is 5.57 Å². The van der Waals surface area contributed by atoms with Crippen molar-refractivity contribution in [1.82, 2.24) is 30.7 Å². The lowest BCUT2D eigenvalue weighted by atomic mass is 9.90. The smallest absolute Gasteiger partial charge is 0.250 e. The first kappa shape index (κ1) is 26.8. The third-order valence-corrected chi connectivity index (χ3v) is 6.97. The monoisotopic (exact) mass is 506 g/mol. The molecule has 4 rings (SSSR count). The molecule has 198 valence electrons. The lowest BCUT2D eigenvalue weighted by Crippen LogP contribution is -2.52. The number of likely N-dealkylation sites (N-methyl/N-ethyl adjacent to an activating group) is 2. The number of carbonyl (C=O) groups is 2. The van der Waals surface area contributed by atoms with Gasteiger partial charge in [-0.15, -0.1) is 0 Å². The van der Waals surface area contributed by atoms with E-state index in [1.165, 1.54) is 11.1 Å². The van der Waals surface area contributed by atoms with Gasteiger partial charge in [-0.2, -0.15) is 0 Å². The highest BCUT2D eigenvalue weighted by Crippen LogP contribution is 2.28. The van der Waals surface area contributed by atoms with Crippen LogP contribution in [0.1, 0.15) is 36.4 Å². The largest absolute Gasteiger partial charge is 0.356 e. The number of carbonyl (C=O) groups excluding carboxylic acids is 2. The van der Waals surface area contributed by atoms with Crippen LogP contribution < -0.4 is 10.6 Å². The predicted molar refractivity (Wildman–Crippen MR) is 143 cm³/mol. The molecule has 2 aliphatic rings. The molecule has 2 atom stereocenters. The Morgan fingerprint density at radius 3 is 2.54 bits per heavy atom. The number of allylic oxidation sites excluding steroid dienone is 2. The summed E-state index contributed by atoms with van der Waals surface area (Å²) in [6, 6.07) is 10.00. The van der Waals surface area contributed by atoms with Gasteiger partial charge in [0.1, 0.15) is 0 Å². The van der Waals surface area contributed by atoms with E-state index < -0.39 is 0 Å². The summed E-state index contributed by atoms with van der Waals surface area (Å²) in [6.45, 7) is 9.74. The van der Waals surface area contributed by atoms with Gasteiger partial charge in [0.25, 0.3) is 5.91 Å². The van der Waals surface area contributed by atoms with Crippen LogP contribution in [-0.2, 0) is 22.7 Å². The van der Waals surface area contributed by atoms with Crippen molar-refractivity contribution >= 4 is 17.4 Å². The topological polar surface area (TPSA) is 93.9 Å². The first-order valence-corrected chi connectivity index (χ1v) is 13.0. The molecule has 1 aliphatic heterocycles. The lowest BCUT2D eigenvalue weighted by Gasteiger charge is -2.36. The molecule has 0 spiro atoms. The van der Waals surface area contributed by atoms with Crippen LogP contribution in [0.3, 0.4) is 0 Å². The molecule has 1 aromatic heterocycles. The molecular formula is C28H38N6O3. The SMILES string of the molecule is CCNCCNC(=O)CN(CC(=O)N(C)N1Cc2ccccc2C1)C1C=C(c2cc(C)no2)C=CC1C. The van der Waals surface area contributed by atoms with Gasteiger partial charge >= 0.3 is 0 Å². The van der Waals surface area contributed by atoms with Gasteiger partial charge in [-0.3, -0.25) is 19.5 Å². The Labute approximate surface area is 219 Å². The minimum atomic E-state index is -0.155. The molecule has 0 radical (unpaired) electrons. The highest BCUT2D eigenvalue weighted by atomic mass is 16.5.